The number of carbonyl (C=O) groups is 2. The molecule has 2 aromatic heterocycles. The number of hydrogen-bond acceptors (Lipinski definition) is 5. The number of likely N-dealkylation sites (N-methyl/N-ethyl adjacent to an activating group) is 1. The number of carbonyl (C=O) groups excluding carboxylic acids is 2. The molecule has 5 rings (SSSR count). The first kappa shape index (κ1) is 23.5. The lowest BCUT2D eigenvalue weighted by molar-refractivity contribution is -0.117. The second kappa shape index (κ2) is 10.2. The van der Waals surface area contributed by atoms with Crippen molar-refractivity contribution in [3.05, 3.63) is 41.5 Å². The summed E-state index contributed by atoms with van der Waals surface area (Å²) in [6.45, 7) is 1.27. The molecule has 2 amide bonds. The molecule has 2 N–H and O–H groups in total. The van der Waals surface area contributed by atoms with Crippen LogP contribution in [0.1, 0.15) is 72.8 Å². The van der Waals surface area contributed by atoms with Crippen molar-refractivity contribution < 1.29 is 14.3 Å². The monoisotopic (exact) mass is 478 g/mol. The summed E-state index contributed by atoms with van der Waals surface area (Å²) in [4.78, 5) is 33.0. The summed E-state index contributed by atoms with van der Waals surface area (Å²) in [7, 11) is 3.74. The number of aryl methyl sites for hydroxylation is 1. The number of H-pyrrole nitrogens is 1. The maximum atomic E-state index is 13.6. The van der Waals surface area contributed by atoms with Gasteiger partial charge in [0, 0.05) is 45.6 Å². The number of aromatic nitrogens is 4. The van der Waals surface area contributed by atoms with Gasteiger partial charge in [0.25, 0.3) is 5.91 Å². The zero-order valence-corrected chi connectivity index (χ0v) is 20.5. The number of nitrogens with zero attached hydrogens (tertiary/aromatic N) is 4. The molecule has 1 saturated carbocycles. The van der Waals surface area contributed by atoms with E-state index in [1.807, 2.05) is 23.9 Å². The Balaban J connectivity index is 1.44. The van der Waals surface area contributed by atoms with E-state index in [9.17, 15) is 9.59 Å². The lowest BCUT2D eigenvalue weighted by atomic mass is 10.0. The highest BCUT2D eigenvalue weighted by Crippen LogP contribution is 2.33. The van der Waals surface area contributed by atoms with Crippen molar-refractivity contribution in [1.29, 1.82) is 0 Å². The van der Waals surface area contributed by atoms with E-state index in [1.165, 1.54) is 12.8 Å². The van der Waals surface area contributed by atoms with E-state index in [-0.39, 0.29) is 17.9 Å². The van der Waals surface area contributed by atoms with Gasteiger partial charge in [0.15, 0.2) is 0 Å². The van der Waals surface area contributed by atoms with Crippen molar-refractivity contribution in [2.24, 2.45) is 13.0 Å². The molecule has 1 saturated heterocycles. The standard InChI is InChI=1S/C26H34N6O3/c1-31(10-9-18-15-27-28-16-18)26(34)20-13-19(29-23(33)12-17-6-3-4-7-17)14-21-24(20)32(2)25(30-21)22-8-5-11-35-22/h13-17,22H,3-12H2,1-2H3,(H,27,28)(H,29,33)/t22-/m1/s1. The molecule has 0 bridgehead atoms. The second-order valence-electron chi connectivity index (χ2n) is 9.91. The summed E-state index contributed by atoms with van der Waals surface area (Å²) in [5, 5.41) is 9.83. The van der Waals surface area contributed by atoms with Crippen molar-refractivity contribution in [3.8, 4) is 0 Å². The van der Waals surface area contributed by atoms with Crippen LogP contribution in [0.15, 0.2) is 24.5 Å². The topological polar surface area (TPSA) is 105 Å². The highest BCUT2D eigenvalue weighted by Gasteiger charge is 2.27. The molecule has 35 heavy (non-hydrogen) atoms. The summed E-state index contributed by atoms with van der Waals surface area (Å²) in [6, 6.07) is 3.68. The van der Waals surface area contributed by atoms with E-state index in [4.69, 9.17) is 9.72 Å². The lowest BCUT2D eigenvalue weighted by Crippen LogP contribution is -2.29. The highest BCUT2D eigenvalue weighted by molar-refractivity contribution is 6.07. The van der Waals surface area contributed by atoms with Crippen molar-refractivity contribution in [1.82, 2.24) is 24.6 Å². The quantitative estimate of drug-likeness (QED) is 0.509. The third-order valence-electron chi connectivity index (χ3n) is 7.32. The number of fused-ring (bicyclic) bond motifs is 1. The van der Waals surface area contributed by atoms with Crippen LogP contribution in [0, 0.1) is 5.92 Å². The molecule has 1 aliphatic carbocycles. The SMILES string of the molecule is CN(CCc1cn[nH]c1)C(=O)c1cc(NC(=O)CC2CCCC2)cc2nc([C@H]3CCCO3)n(C)c12. The number of hydrogen-bond donors (Lipinski definition) is 2. The largest absolute Gasteiger partial charge is 0.370 e. The Bertz CT molecular complexity index is 1190. The minimum absolute atomic E-state index is 0.00163. The summed E-state index contributed by atoms with van der Waals surface area (Å²) in [5.74, 6) is 1.17. The molecule has 0 unspecified atom stereocenters. The maximum absolute atomic E-state index is 13.6. The van der Waals surface area contributed by atoms with E-state index in [1.54, 1.807) is 24.2 Å². The van der Waals surface area contributed by atoms with Gasteiger partial charge in [0.05, 0.1) is 22.8 Å². The number of anilines is 1. The van der Waals surface area contributed by atoms with Gasteiger partial charge < -0.3 is 19.5 Å². The molecule has 3 aromatic rings. The molecule has 0 radical (unpaired) electrons. The fourth-order valence-corrected chi connectivity index (χ4v) is 5.38. The summed E-state index contributed by atoms with van der Waals surface area (Å²) in [5.41, 5.74) is 3.66. The van der Waals surface area contributed by atoms with Crippen LogP contribution in [0.3, 0.4) is 0 Å². The second-order valence-corrected chi connectivity index (χ2v) is 9.91. The van der Waals surface area contributed by atoms with Gasteiger partial charge in [-0.15, -0.1) is 0 Å². The van der Waals surface area contributed by atoms with Crippen LogP contribution in [0.4, 0.5) is 5.69 Å². The van der Waals surface area contributed by atoms with Crippen molar-refractivity contribution in [3.63, 3.8) is 0 Å². The van der Waals surface area contributed by atoms with Gasteiger partial charge in [-0.25, -0.2) is 4.98 Å². The Morgan fingerprint density at radius 1 is 1.23 bits per heavy atom. The van der Waals surface area contributed by atoms with E-state index >= 15 is 0 Å². The average molecular weight is 479 g/mol. The molecule has 9 nitrogen and oxygen atoms in total. The van der Waals surface area contributed by atoms with Crippen LogP contribution in [-0.4, -0.2) is 56.7 Å². The number of rotatable bonds is 8. The van der Waals surface area contributed by atoms with Gasteiger partial charge in [0.2, 0.25) is 5.91 Å². The van der Waals surface area contributed by atoms with Crippen LogP contribution in [0.2, 0.25) is 0 Å². The molecule has 3 heterocycles. The molecule has 1 aromatic carbocycles. The molecule has 9 heteroatoms. The Morgan fingerprint density at radius 3 is 2.77 bits per heavy atom. The molecule has 0 spiro atoms. The normalized spacial score (nSPS) is 18.4. The third-order valence-corrected chi connectivity index (χ3v) is 7.32. The predicted octanol–water partition coefficient (Wildman–Crippen LogP) is 3.98. The Labute approximate surface area is 205 Å². The van der Waals surface area contributed by atoms with Crippen LogP contribution in [0.5, 0.6) is 0 Å². The third kappa shape index (κ3) is 5.10. The van der Waals surface area contributed by atoms with Crippen LogP contribution >= 0.6 is 0 Å². The summed E-state index contributed by atoms with van der Waals surface area (Å²) < 4.78 is 7.87. The first-order valence-electron chi connectivity index (χ1n) is 12.6. The Morgan fingerprint density at radius 2 is 2.06 bits per heavy atom. The van der Waals surface area contributed by atoms with Gasteiger partial charge in [-0.05, 0) is 55.7 Å². The van der Waals surface area contributed by atoms with Gasteiger partial charge in [0.1, 0.15) is 11.9 Å². The van der Waals surface area contributed by atoms with E-state index in [0.29, 0.717) is 42.1 Å². The molecule has 186 valence electrons. The van der Waals surface area contributed by atoms with E-state index < -0.39 is 0 Å². The van der Waals surface area contributed by atoms with Crippen LogP contribution in [-0.2, 0) is 23.0 Å². The molecular weight excluding hydrogens is 444 g/mol. The molecular formula is C26H34N6O3. The smallest absolute Gasteiger partial charge is 0.255 e. The number of ether oxygens (including phenoxy) is 1. The fourth-order valence-electron chi connectivity index (χ4n) is 5.38. The molecule has 2 fully saturated rings. The van der Waals surface area contributed by atoms with Crippen molar-refractivity contribution in [2.45, 2.75) is 57.5 Å². The summed E-state index contributed by atoms with van der Waals surface area (Å²) in [6.07, 6.45) is 11.3. The van der Waals surface area contributed by atoms with Gasteiger partial charge in [-0.2, -0.15) is 5.10 Å². The van der Waals surface area contributed by atoms with Crippen LogP contribution < -0.4 is 5.32 Å². The molecule has 1 atom stereocenters. The van der Waals surface area contributed by atoms with Crippen molar-refractivity contribution >= 4 is 28.5 Å². The summed E-state index contributed by atoms with van der Waals surface area (Å²) >= 11 is 0. The fraction of sp³-hybridized carbons (Fsp3) is 0.538. The Hall–Kier alpha value is -3.20. The van der Waals surface area contributed by atoms with Gasteiger partial charge in [-0.3, -0.25) is 14.7 Å². The molecule has 2 aliphatic rings. The van der Waals surface area contributed by atoms with Crippen molar-refractivity contribution in [2.75, 3.05) is 25.5 Å². The average Bonchev–Trinajstić information content (AvgIpc) is 3.65. The zero-order chi connectivity index (χ0) is 24.4. The first-order valence-corrected chi connectivity index (χ1v) is 12.6. The minimum atomic E-state index is -0.104. The zero-order valence-electron chi connectivity index (χ0n) is 20.5. The van der Waals surface area contributed by atoms with Gasteiger partial charge >= 0.3 is 0 Å². The number of aromatic amines is 1. The number of imidazole rings is 1. The number of nitrogens with one attached hydrogen (secondary N) is 2. The van der Waals surface area contributed by atoms with E-state index in [0.717, 1.165) is 49.2 Å². The predicted molar refractivity (Wildman–Crippen MR) is 133 cm³/mol. The van der Waals surface area contributed by atoms with E-state index in [2.05, 4.69) is 15.5 Å². The number of benzene rings is 1. The highest BCUT2D eigenvalue weighted by atomic mass is 16.5. The first-order chi connectivity index (χ1) is 17.0. The van der Waals surface area contributed by atoms with Crippen LogP contribution in [0.25, 0.3) is 11.0 Å². The van der Waals surface area contributed by atoms with Gasteiger partial charge in [-0.1, -0.05) is 12.8 Å². The lowest BCUT2D eigenvalue weighted by Gasteiger charge is -2.19. The molecule has 1 aliphatic heterocycles. The maximum Gasteiger partial charge on any atom is 0.255 e. The number of amides is 2. The minimum Gasteiger partial charge on any atom is -0.370 e. The Kier molecular flexibility index (Phi) is 6.86.